The molecule has 22 heteroatoms. The number of hydrogen-bond donors (Lipinski definition) is 3. The maximum Gasteiger partial charge on any atom is 0.254 e. The standard InChI is InChI=1S/C107H140FN11O10/c1-10-12-26-60-119-99-48-46-94(124-9)74-97(99)107(6,7)101(119)50-44-86-31-29-30-85(43-49-100-106(4,5)96-73-93(123-8)45-47-98(96)118(100)59-13-11-2)104(86)87-41-38-82(39-42-87)40-51-103(121)115-88(32-14-24-58-114-105(122)81(3)108)33-19-27-61-125-64-66-127-68-69-128-67-65-126-63-52-102(120)113-57-25-28-62-129-95-71-83(75-116(77-89-34-15-20-53-109-89)78-90-35-16-21-54-110-90)70-84(72-95)76-117(79-91-36-17-22-55-111-91)80-92-37-18-23-56-112-92/h15-18,20-23,34-39,41-50,53-56,70-74,81,88H,10-14,19,24-33,40,51-52,57-69,75-80H2,1-9H3,(H2-,113,114,115,120,121,122)/p+1/t81?,88-/m0/s1/i108-1. The number of carbonyl (C=O) groups is 3. The van der Waals surface area contributed by atoms with Crippen molar-refractivity contribution in [2.75, 3.05) is 105 Å². The van der Waals surface area contributed by atoms with Crippen LogP contribution >= 0.6 is 0 Å². The Morgan fingerprint density at radius 3 is 1.64 bits per heavy atom. The van der Waals surface area contributed by atoms with Crippen LogP contribution in [0.5, 0.6) is 17.2 Å². The number of anilines is 1. The van der Waals surface area contributed by atoms with Crippen LogP contribution in [0.1, 0.15) is 220 Å². The summed E-state index contributed by atoms with van der Waals surface area (Å²) in [7, 11) is 3.49. The molecule has 2 aliphatic heterocycles. The van der Waals surface area contributed by atoms with Crippen molar-refractivity contribution in [2.24, 2.45) is 0 Å². The van der Waals surface area contributed by atoms with E-state index < -0.39 is 12.1 Å². The Morgan fingerprint density at radius 1 is 0.519 bits per heavy atom. The predicted octanol–water partition coefficient (Wildman–Crippen LogP) is 19.5. The molecule has 0 bridgehead atoms. The third-order valence-electron chi connectivity index (χ3n) is 24.4. The number of aromatic nitrogens is 4. The van der Waals surface area contributed by atoms with Gasteiger partial charge in [-0.2, -0.15) is 4.58 Å². The highest BCUT2D eigenvalue weighted by atomic mass is 18.2. The summed E-state index contributed by atoms with van der Waals surface area (Å²) >= 11 is 0. The molecule has 21 nitrogen and oxygen atoms in total. The average Bonchev–Trinajstić information content (AvgIpc) is 1.59. The number of benzene rings is 4. The number of carbonyl (C=O) groups excluding carboxylic acids is 3. The first kappa shape index (κ1) is 99.0. The van der Waals surface area contributed by atoms with E-state index in [0.717, 1.165) is 165 Å². The first-order valence-corrected chi connectivity index (χ1v) is 47.2. The van der Waals surface area contributed by atoms with Gasteiger partial charge in [-0.25, -0.2) is 4.39 Å². The van der Waals surface area contributed by atoms with Crippen molar-refractivity contribution in [3.8, 4) is 17.2 Å². The van der Waals surface area contributed by atoms with Gasteiger partial charge in [0.05, 0.1) is 95.3 Å². The number of unbranched alkanes of at least 4 members (excludes halogenated alkanes) is 6. The number of ether oxygens (including phenoxy) is 7. The number of rotatable bonds is 58. The van der Waals surface area contributed by atoms with Gasteiger partial charge in [0.25, 0.3) is 5.91 Å². The van der Waals surface area contributed by atoms with E-state index in [9.17, 15) is 18.8 Å². The van der Waals surface area contributed by atoms with Crippen LogP contribution in [0.15, 0.2) is 218 Å². The van der Waals surface area contributed by atoms with E-state index in [1.54, 1.807) is 14.2 Å². The first-order chi connectivity index (χ1) is 62.9. The van der Waals surface area contributed by atoms with Crippen molar-refractivity contribution in [1.82, 2.24) is 45.7 Å². The second-order valence-corrected chi connectivity index (χ2v) is 35.1. The van der Waals surface area contributed by atoms with Gasteiger partial charge in [-0.15, -0.1) is 0 Å². The third kappa shape index (κ3) is 31.3. The molecule has 1 unspecified atom stereocenters. The lowest BCUT2D eigenvalue weighted by atomic mass is 9.79. The van der Waals surface area contributed by atoms with Crippen LogP contribution in [-0.2, 0) is 89.9 Å². The molecule has 3 N–H and O–H groups in total. The summed E-state index contributed by atoms with van der Waals surface area (Å²) in [5.41, 5.74) is 19.4. The van der Waals surface area contributed by atoms with Crippen LogP contribution in [0, 0.1) is 0 Å². The second-order valence-electron chi connectivity index (χ2n) is 35.1. The van der Waals surface area contributed by atoms with E-state index in [1.807, 2.05) is 73.3 Å². The molecular formula is C107H141FN11O10+. The number of nitrogens with one attached hydrogen (secondary N) is 3. The van der Waals surface area contributed by atoms with Gasteiger partial charge in [-0.1, -0.05) is 107 Å². The molecule has 0 radical (unpaired) electrons. The molecule has 690 valence electrons. The highest BCUT2D eigenvalue weighted by molar-refractivity contribution is 6.04. The number of halogens is 1. The lowest BCUT2D eigenvalue weighted by Crippen LogP contribution is -2.35. The fraction of sp³-hybridized carbons (Fsp3) is 0.477. The molecule has 4 aromatic heterocycles. The molecule has 2 atom stereocenters. The number of allylic oxidation sites excluding steroid dienone is 8. The average molecular weight is 1760 g/mol. The Morgan fingerprint density at radius 2 is 1.07 bits per heavy atom. The Bertz CT molecular complexity index is 4740. The van der Waals surface area contributed by atoms with Crippen LogP contribution in [-0.4, -0.2) is 170 Å². The molecule has 3 amide bonds. The summed E-state index contributed by atoms with van der Waals surface area (Å²) in [4.78, 5) is 64.7. The third-order valence-corrected chi connectivity index (χ3v) is 24.4. The van der Waals surface area contributed by atoms with Crippen molar-refractivity contribution in [3.05, 3.63) is 274 Å². The smallest absolute Gasteiger partial charge is 0.254 e. The zero-order valence-electron chi connectivity index (χ0n) is 78.1. The molecule has 4 aromatic carbocycles. The molecule has 0 saturated carbocycles. The van der Waals surface area contributed by atoms with Gasteiger partial charge in [0, 0.05) is 150 Å². The van der Waals surface area contributed by atoms with E-state index in [1.165, 1.54) is 64.0 Å². The van der Waals surface area contributed by atoms with E-state index in [4.69, 9.17) is 33.2 Å². The van der Waals surface area contributed by atoms with Gasteiger partial charge in [0.15, 0.2) is 11.9 Å². The Kier molecular flexibility index (Phi) is 40.6. The normalized spacial score (nSPS) is 15.1. The number of pyridine rings is 4. The maximum atomic E-state index is 14.0. The quantitative estimate of drug-likeness (QED) is 0.0239. The summed E-state index contributed by atoms with van der Waals surface area (Å²) in [5.74, 6) is 1.86. The molecule has 6 heterocycles. The number of fused-ring (bicyclic) bond motifs is 2. The van der Waals surface area contributed by atoms with Crippen LogP contribution in [0.25, 0.3) is 5.57 Å². The number of amides is 3. The largest absolute Gasteiger partial charge is 0.497 e. The fourth-order valence-corrected chi connectivity index (χ4v) is 17.4. The topological polar surface area (TPSA) is 216 Å². The highest BCUT2D eigenvalue weighted by Crippen LogP contribution is 2.50. The van der Waals surface area contributed by atoms with Crippen LogP contribution < -0.4 is 35.1 Å². The first-order valence-electron chi connectivity index (χ1n) is 47.2. The zero-order chi connectivity index (χ0) is 90.8. The molecule has 11 rings (SSSR count). The number of hydrogen-bond acceptors (Lipinski definition) is 17. The summed E-state index contributed by atoms with van der Waals surface area (Å²) in [6.45, 7) is 25.6. The van der Waals surface area contributed by atoms with E-state index in [2.05, 4.69) is 224 Å². The van der Waals surface area contributed by atoms with E-state index >= 15 is 0 Å². The number of methoxy groups -OCH3 is 2. The molecule has 129 heavy (non-hydrogen) atoms. The Labute approximate surface area is 766 Å². The molecule has 0 fully saturated rings. The van der Waals surface area contributed by atoms with E-state index in [-0.39, 0.29) is 35.1 Å². The number of aryl methyl sites for hydroxylation is 1. The van der Waals surface area contributed by atoms with Crippen LogP contribution in [0.4, 0.5) is 15.8 Å². The minimum atomic E-state index is -1.57. The van der Waals surface area contributed by atoms with Crippen molar-refractivity contribution >= 4 is 40.4 Å². The van der Waals surface area contributed by atoms with Crippen molar-refractivity contribution in [3.63, 3.8) is 0 Å². The fourth-order valence-electron chi connectivity index (χ4n) is 17.4. The van der Waals surface area contributed by atoms with Gasteiger partial charge >= 0.3 is 0 Å². The summed E-state index contributed by atoms with van der Waals surface area (Å²) in [6.07, 6.45) is 31.2. The molecule has 8 aromatic rings. The molecule has 0 saturated heterocycles. The number of alkyl halides is 1. The minimum absolute atomic E-state index is 0.00113. The van der Waals surface area contributed by atoms with Crippen molar-refractivity contribution in [2.45, 2.75) is 233 Å². The Hall–Kier alpha value is -10.6. The number of nitrogens with zero attached hydrogens (tertiary/aromatic N) is 8. The maximum absolute atomic E-state index is 14.0. The van der Waals surface area contributed by atoms with Gasteiger partial charge in [-0.05, 0) is 252 Å². The lowest BCUT2D eigenvalue weighted by molar-refractivity contribution is -0.438. The van der Waals surface area contributed by atoms with Gasteiger partial charge in [0.2, 0.25) is 17.5 Å². The molecule has 0 spiro atoms. The van der Waals surface area contributed by atoms with Crippen molar-refractivity contribution < 1.29 is 56.5 Å². The molecule has 1 aliphatic carbocycles. The van der Waals surface area contributed by atoms with Crippen molar-refractivity contribution in [1.29, 1.82) is 0 Å². The second kappa shape index (κ2) is 52.9. The SMILES string of the molecule is CCCCC[N+]1=C(/C=C/C2=C(c3ccc(CCC(=O)N[C@@H](CCCCNC(=O)C(C)[18F])CCCCOCCOCCOCCOCCC(=O)NCCCCOc4cc(CN(Cc5ccccn5)Cc5ccccn5)cc(CN(Cc5ccccn5)Cc5ccccn5)c4)cc3)C(=C/C=C3/N(CCCC)c4ccc(OC)cc4C3(C)C)/CCC2)C(C)(C)c2cc(OC)ccc21. The monoisotopic (exact) mass is 1760 g/mol. The Balaban J connectivity index is 0.602. The lowest BCUT2D eigenvalue weighted by Gasteiger charge is -2.27. The van der Waals surface area contributed by atoms with E-state index in [0.29, 0.717) is 131 Å². The summed E-state index contributed by atoms with van der Waals surface area (Å²) < 4.78 is 57.6. The summed E-state index contributed by atoms with van der Waals surface area (Å²) in [6, 6.07) is 52.5. The van der Waals surface area contributed by atoms with Crippen LogP contribution in [0.2, 0.25) is 0 Å². The van der Waals surface area contributed by atoms with Gasteiger partial charge in [-0.3, -0.25) is 44.1 Å². The predicted molar refractivity (Wildman–Crippen MR) is 513 cm³/mol. The van der Waals surface area contributed by atoms with Gasteiger partial charge in [0.1, 0.15) is 23.8 Å². The zero-order valence-corrected chi connectivity index (χ0v) is 78.1. The highest BCUT2D eigenvalue weighted by Gasteiger charge is 2.45. The molecule has 3 aliphatic rings. The summed E-state index contributed by atoms with van der Waals surface area (Å²) in [5, 5.41) is 9.09. The van der Waals surface area contributed by atoms with Crippen LogP contribution in [0.3, 0.4) is 0 Å². The molecular weight excluding hydrogens is 1620 g/mol. The van der Waals surface area contributed by atoms with Gasteiger partial charge < -0.3 is 54.0 Å². The minimum Gasteiger partial charge on any atom is -0.497 e.